The Labute approximate surface area is 145 Å². The highest BCUT2D eigenvalue weighted by atomic mass is 35.5. The number of fused-ring (bicyclic) bond motifs is 2. The van der Waals surface area contributed by atoms with Crippen LogP contribution in [0.25, 0.3) is 11.3 Å². The Bertz CT molecular complexity index is 919. The van der Waals surface area contributed by atoms with E-state index in [4.69, 9.17) is 22.1 Å². The lowest BCUT2D eigenvalue weighted by Crippen LogP contribution is -2.31. The van der Waals surface area contributed by atoms with Crippen LogP contribution in [0.4, 0.5) is 0 Å². The van der Waals surface area contributed by atoms with Gasteiger partial charge < -0.3 is 4.74 Å². The van der Waals surface area contributed by atoms with Gasteiger partial charge in [0.25, 0.3) is 0 Å². The van der Waals surface area contributed by atoms with Crippen molar-refractivity contribution in [2.24, 2.45) is 5.73 Å². The SMILES string of the molecule is N#CC1=C(c2ccc(Cl)cc2)C2=C(OC1N)c1ccccc1CC2. The van der Waals surface area contributed by atoms with E-state index < -0.39 is 6.23 Å². The van der Waals surface area contributed by atoms with Crippen molar-refractivity contribution in [3.8, 4) is 6.07 Å². The van der Waals surface area contributed by atoms with Gasteiger partial charge in [-0.25, -0.2) is 0 Å². The van der Waals surface area contributed by atoms with Crippen LogP contribution in [0.2, 0.25) is 5.02 Å². The first-order valence-electron chi connectivity index (χ1n) is 7.83. The molecular formula is C20H15ClN2O. The van der Waals surface area contributed by atoms with Crippen molar-refractivity contribution in [1.82, 2.24) is 0 Å². The third-order valence-electron chi connectivity index (χ3n) is 4.53. The average Bonchev–Trinajstić information content (AvgIpc) is 2.61. The molecule has 0 saturated heterocycles. The van der Waals surface area contributed by atoms with E-state index in [1.807, 2.05) is 42.5 Å². The van der Waals surface area contributed by atoms with Crippen molar-refractivity contribution < 1.29 is 4.74 Å². The van der Waals surface area contributed by atoms with E-state index in [0.29, 0.717) is 10.6 Å². The van der Waals surface area contributed by atoms with Gasteiger partial charge in [0.05, 0.1) is 5.57 Å². The molecule has 0 fully saturated rings. The molecule has 1 heterocycles. The number of nitrogens with zero attached hydrogens (tertiary/aromatic N) is 1. The lowest BCUT2D eigenvalue weighted by atomic mass is 9.81. The van der Waals surface area contributed by atoms with Gasteiger partial charge in [0.15, 0.2) is 6.23 Å². The monoisotopic (exact) mass is 334 g/mol. The number of ether oxygens (including phenoxy) is 1. The molecule has 0 radical (unpaired) electrons. The molecule has 2 aliphatic rings. The van der Waals surface area contributed by atoms with E-state index in [0.717, 1.165) is 40.9 Å². The largest absolute Gasteiger partial charge is 0.470 e. The second kappa shape index (κ2) is 5.83. The van der Waals surface area contributed by atoms with Crippen LogP contribution in [0.15, 0.2) is 59.7 Å². The van der Waals surface area contributed by atoms with Crippen LogP contribution >= 0.6 is 11.6 Å². The van der Waals surface area contributed by atoms with Crippen molar-refractivity contribution in [2.45, 2.75) is 19.1 Å². The first-order chi connectivity index (χ1) is 11.7. The summed E-state index contributed by atoms with van der Waals surface area (Å²) in [6.45, 7) is 0. The zero-order valence-corrected chi connectivity index (χ0v) is 13.7. The van der Waals surface area contributed by atoms with Gasteiger partial charge >= 0.3 is 0 Å². The highest BCUT2D eigenvalue weighted by Crippen LogP contribution is 2.44. The zero-order valence-electron chi connectivity index (χ0n) is 12.9. The number of halogens is 1. The molecule has 4 heteroatoms. The van der Waals surface area contributed by atoms with Gasteiger partial charge in [0.2, 0.25) is 0 Å². The quantitative estimate of drug-likeness (QED) is 0.846. The van der Waals surface area contributed by atoms with E-state index >= 15 is 0 Å². The van der Waals surface area contributed by atoms with Crippen molar-refractivity contribution >= 4 is 22.9 Å². The Morgan fingerprint density at radius 3 is 2.58 bits per heavy atom. The van der Waals surface area contributed by atoms with Crippen LogP contribution in [0, 0.1) is 11.3 Å². The number of nitriles is 1. The minimum atomic E-state index is -0.759. The van der Waals surface area contributed by atoms with Crippen LogP contribution < -0.4 is 5.73 Å². The number of benzene rings is 2. The van der Waals surface area contributed by atoms with Gasteiger partial charge in [-0.2, -0.15) is 5.26 Å². The summed E-state index contributed by atoms with van der Waals surface area (Å²) in [5.41, 5.74) is 11.8. The third-order valence-corrected chi connectivity index (χ3v) is 4.79. The third kappa shape index (κ3) is 2.32. The standard InChI is InChI=1S/C20H15ClN2O/c21-14-8-5-13(6-9-14)18-16-10-7-12-3-1-2-4-15(12)19(16)24-20(23)17(18)11-22/h1-6,8-9,20H,7,10,23H2. The van der Waals surface area contributed by atoms with Crippen LogP contribution in [0.3, 0.4) is 0 Å². The summed E-state index contributed by atoms with van der Waals surface area (Å²) in [5, 5.41) is 10.3. The molecule has 0 aromatic heterocycles. The van der Waals surface area contributed by atoms with Gasteiger partial charge in [-0.3, -0.25) is 5.73 Å². The molecular weight excluding hydrogens is 320 g/mol. The highest BCUT2D eigenvalue weighted by Gasteiger charge is 2.33. The smallest absolute Gasteiger partial charge is 0.184 e. The summed E-state index contributed by atoms with van der Waals surface area (Å²) in [6, 6.07) is 17.9. The maximum Gasteiger partial charge on any atom is 0.184 e. The van der Waals surface area contributed by atoms with Crippen molar-refractivity contribution in [3.63, 3.8) is 0 Å². The summed E-state index contributed by atoms with van der Waals surface area (Å²) in [5.74, 6) is 0.799. The lowest BCUT2D eigenvalue weighted by Gasteiger charge is -2.32. The van der Waals surface area contributed by atoms with E-state index in [1.54, 1.807) is 0 Å². The normalized spacial score (nSPS) is 19.3. The molecule has 1 aliphatic carbocycles. The van der Waals surface area contributed by atoms with Crippen molar-refractivity contribution in [1.29, 1.82) is 5.26 Å². The molecule has 0 saturated carbocycles. The summed E-state index contributed by atoms with van der Waals surface area (Å²) in [4.78, 5) is 0. The Balaban J connectivity index is 1.96. The van der Waals surface area contributed by atoms with Crippen LogP contribution in [0.5, 0.6) is 0 Å². The highest BCUT2D eigenvalue weighted by molar-refractivity contribution is 6.30. The molecule has 1 aliphatic heterocycles. The first kappa shape index (κ1) is 15.0. The number of hydrogen-bond donors (Lipinski definition) is 1. The predicted molar refractivity (Wildman–Crippen MR) is 94.7 cm³/mol. The number of allylic oxidation sites excluding steroid dienone is 2. The molecule has 118 valence electrons. The fourth-order valence-corrected chi connectivity index (χ4v) is 3.55. The van der Waals surface area contributed by atoms with Gasteiger partial charge in [-0.15, -0.1) is 0 Å². The summed E-state index contributed by atoms with van der Waals surface area (Å²) >= 11 is 6.01. The van der Waals surface area contributed by atoms with Gasteiger partial charge in [-0.05, 0) is 36.1 Å². The predicted octanol–water partition coefficient (Wildman–Crippen LogP) is 4.29. The fourth-order valence-electron chi connectivity index (χ4n) is 3.43. The van der Waals surface area contributed by atoms with Crippen LogP contribution in [-0.4, -0.2) is 6.23 Å². The zero-order chi connectivity index (χ0) is 16.7. The molecule has 2 aromatic carbocycles. The van der Waals surface area contributed by atoms with E-state index in [2.05, 4.69) is 12.1 Å². The fraction of sp³-hybridized carbons (Fsp3) is 0.150. The second-order valence-corrected chi connectivity index (χ2v) is 6.35. The molecule has 0 amide bonds. The second-order valence-electron chi connectivity index (χ2n) is 5.91. The average molecular weight is 335 g/mol. The molecule has 3 nitrogen and oxygen atoms in total. The molecule has 2 N–H and O–H groups in total. The lowest BCUT2D eigenvalue weighted by molar-refractivity contribution is 0.205. The molecule has 1 atom stereocenters. The molecule has 0 spiro atoms. The first-order valence-corrected chi connectivity index (χ1v) is 8.21. The van der Waals surface area contributed by atoms with Crippen molar-refractivity contribution in [2.75, 3.05) is 0 Å². The molecule has 0 bridgehead atoms. The number of hydrogen-bond acceptors (Lipinski definition) is 3. The van der Waals surface area contributed by atoms with E-state index in [9.17, 15) is 5.26 Å². The van der Waals surface area contributed by atoms with E-state index in [1.165, 1.54) is 5.56 Å². The van der Waals surface area contributed by atoms with E-state index in [-0.39, 0.29) is 0 Å². The Hall–Kier alpha value is -2.54. The van der Waals surface area contributed by atoms with Gasteiger partial charge in [0.1, 0.15) is 11.8 Å². The maximum atomic E-state index is 9.62. The minimum Gasteiger partial charge on any atom is -0.470 e. The van der Waals surface area contributed by atoms with Gasteiger partial charge in [-0.1, -0.05) is 48.0 Å². The maximum absolute atomic E-state index is 9.62. The van der Waals surface area contributed by atoms with Crippen LogP contribution in [-0.2, 0) is 11.2 Å². The molecule has 24 heavy (non-hydrogen) atoms. The summed E-state index contributed by atoms with van der Waals surface area (Å²) in [6.07, 6.45) is 0.983. The van der Waals surface area contributed by atoms with Crippen LogP contribution in [0.1, 0.15) is 23.1 Å². The number of nitrogens with two attached hydrogens (primary N) is 1. The Morgan fingerprint density at radius 1 is 1.08 bits per heavy atom. The molecule has 1 unspecified atom stereocenters. The summed E-state index contributed by atoms with van der Waals surface area (Å²) < 4.78 is 5.95. The topological polar surface area (TPSA) is 59.0 Å². The minimum absolute atomic E-state index is 0.468. The Kier molecular flexibility index (Phi) is 3.65. The molecule has 2 aromatic rings. The summed E-state index contributed by atoms with van der Waals surface area (Å²) in [7, 11) is 0. The number of aryl methyl sites for hydroxylation is 1. The van der Waals surface area contributed by atoms with Crippen molar-refractivity contribution in [3.05, 3.63) is 81.4 Å². The van der Waals surface area contributed by atoms with Gasteiger partial charge in [0, 0.05) is 21.7 Å². The molecule has 4 rings (SSSR count). The Morgan fingerprint density at radius 2 is 1.83 bits per heavy atom. The number of rotatable bonds is 1.